The molecule has 0 fully saturated rings. The van der Waals surface area contributed by atoms with E-state index in [1.54, 1.807) is 0 Å². The highest BCUT2D eigenvalue weighted by atomic mass is 16.5. The second-order valence-corrected chi connectivity index (χ2v) is 6.64. The number of hydrogen-bond donors (Lipinski definition) is 1. The third-order valence-corrected chi connectivity index (χ3v) is 4.61. The van der Waals surface area contributed by atoms with Crippen LogP contribution in [0.2, 0.25) is 0 Å². The fourth-order valence-corrected chi connectivity index (χ4v) is 3.05. The van der Waals surface area contributed by atoms with Gasteiger partial charge in [0.05, 0.1) is 0 Å². The Balaban J connectivity index is 1.70. The molecule has 1 unspecified atom stereocenters. The van der Waals surface area contributed by atoms with E-state index < -0.39 is 6.10 Å². The second kappa shape index (κ2) is 8.05. The van der Waals surface area contributed by atoms with E-state index in [4.69, 9.17) is 4.74 Å². The molecular weight excluding hydrogens is 322 g/mol. The maximum Gasteiger partial charge on any atom is 0.261 e. The number of fused-ring (bicyclic) bond motifs is 1. The Morgan fingerprint density at radius 2 is 1.81 bits per heavy atom. The first kappa shape index (κ1) is 18.0. The van der Waals surface area contributed by atoms with Crippen LogP contribution in [0.4, 0.5) is 0 Å². The van der Waals surface area contributed by atoms with Crippen molar-refractivity contribution in [1.82, 2.24) is 5.32 Å². The van der Waals surface area contributed by atoms with Gasteiger partial charge < -0.3 is 10.1 Å². The summed E-state index contributed by atoms with van der Waals surface area (Å²) in [4.78, 5) is 12.6. The van der Waals surface area contributed by atoms with Gasteiger partial charge in [-0.25, -0.2) is 0 Å². The lowest BCUT2D eigenvalue weighted by Crippen LogP contribution is -2.37. The molecule has 3 heteroatoms. The largest absolute Gasteiger partial charge is 0.480 e. The lowest BCUT2D eigenvalue weighted by atomic mass is 10.0. The van der Waals surface area contributed by atoms with Gasteiger partial charge in [-0.1, -0.05) is 61.5 Å². The molecular formula is C23H25NO2. The van der Waals surface area contributed by atoms with Crippen molar-refractivity contribution in [2.75, 3.05) is 0 Å². The molecule has 134 valence electrons. The lowest BCUT2D eigenvalue weighted by Gasteiger charge is -2.19. The molecule has 3 aromatic carbocycles. The van der Waals surface area contributed by atoms with Crippen LogP contribution in [0.5, 0.6) is 5.75 Å². The maximum atomic E-state index is 12.6. The fraction of sp³-hybridized carbons (Fsp3) is 0.261. The Hall–Kier alpha value is -2.81. The van der Waals surface area contributed by atoms with Crippen LogP contribution in [-0.4, -0.2) is 12.0 Å². The first-order chi connectivity index (χ1) is 12.6. The van der Waals surface area contributed by atoms with E-state index in [-0.39, 0.29) is 5.91 Å². The van der Waals surface area contributed by atoms with Crippen molar-refractivity contribution in [3.63, 3.8) is 0 Å². The molecule has 0 radical (unpaired) electrons. The summed E-state index contributed by atoms with van der Waals surface area (Å²) < 4.78 is 6.00. The van der Waals surface area contributed by atoms with Crippen molar-refractivity contribution in [2.24, 2.45) is 0 Å². The summed E-state index contributed by atoms with van der Waals surface area (Å²) in [6.45, 7) is 6.48. The summed E-state index contributed by atoms with van der Waals surface area (Å²) in [6, 6.07) is 20.4. The van der Waals surface area contributed by atoms with Crippen molar-refractivity contribution >= 4 is 16.7 Å². The van der Waals surface area contributed by atoms with Gasteiger partial charge in [0.1, 0.15) is 5.75 Å². The first-order valence-corrected chi connectivity index (χ1v) is 9.06. The SMILES string of the molecule is CCC(Oc1cc(C)ccc1C)C(=O)NCc1cccc2ccccc12. The number of carbonyl (C=O) groups excluding carboxylic acids is 1. The summed E-state index contributed by atoms with van der Waals surface area (Å²) >= 11 is 0. The van der Waals surface area contributed by atoms with Gasteiger partial charge in [0.15, 0.2) is 6.10 Å². The van der Waals surface area contributed by atoms with Crippen molar-refractivity contribution in [3.05, 3.63) is 77.4 Å². The van der Waals surface area contributed by atoms with Crippen LogP contribution in [0.1, 0.15) is 30.0 Å². The molecule has 3 rings (SSSR count). The maximum absolute atomic E-state index is 12.6. The summed E-state index contributed by atoms with van der Waals surface area (Å²) in [5.74, 6) is 0.693. The molecule has 0 saturated heterocycles. The van der Waals surface area contributed by atoms with Gasteiger partial charge in [-0.3, -0.25) is 4.79 Å². The molecule has 0 saturated carbocycles. The lowest BCUT2D eigenvalue weighted by molar-refractivity contribution is -0.128. The molecule has 3 aromatic rings. The van der Waals surface area contributed by atoms with Crippen molar-refractivity contribution in [1.29, 1.82) is 0 Å². The highest BCUT2D eigenvalue weighted by Crippen LogP contribution is 2.22. The number of amides is 1. The van der Waals surface area contributed by atoms with Gasteiger partial charge in [0, 0.05) is 6.54 Å². The molecule has 0 aliphatic heterocycles. The monoisotopic (exact) mass is 347 g/mol. The second-order valence-electron chi connectivity index (χ2n) is 6.64. The van der Waals surface area contributed by atoms with Gasteiger partial charge >= 0.3 is 0 Å². The average Bonchev–Trinajstić information content (AvgIpc) is 2.66. The predicted molar refractivity (Wildman–Crippen MR) is 106 cm³/mol. The molecule has 26 heavy (non-hydrogen) atoms. The molecule has 0 aliphatic rings. The van der Waals surface area contributed by atoms with E-state index in [1.165, 1.54) is 10.8 Å². The van der Waals surface area contributed by atoms with Crippen LogP contribution in [-0.2, 0) is 11.3 Å². The molecule has 3 nitrogen and oxygen atoms in total. The number of carbonyl (C=O) groups is 1. The van der Waals surface area contributed by atoms with E-state index >= 15 is 0 Å². The minimum Gasteiger partial charge on any atom is -0.480 e. The number of hydrogen-bond acceptors (Lipinski definition) is 2. The normalized spacial score (nSPS) is 12.0. The highest BCUT2D eigenvalue weighted by molar-refractivity contribution is 5.86. The molecule has 0 bridgehead atoms. The van der Waals surface area contributed by atoms with E-state index in [1.807, 2.05) is 57.2 Å². The molecule has 1 atom stereocenters. The zero-order chi connectivity index (χ0) is 18.5. The number of aryl methyl sites for hydroxylation is 2. The van der Waals surface area contributed by atoms with Crippen molar-refractivity contribution < 1.29 is 9.53 Å². The summed E-state index contributed by atoms with van der Waals surface area (Å²) in [7, 11) is 0. The summed E-state index contributed by atoms with van der Waals surface area (Å²) in [6.07, 6.45) is 0.125. The molecule has 1 N–H and O–H groups in total. The Bertz CT molecular complexity index is 912. The molecule has 0 heterocycles. The van der Waals surface area contributed by atoms with E-state index in [0.29, 0.717) is 13.0 Å². The fourth-order valence-electron chi connectivity index (χ4n) is 3.05. The van der Waals surface area contributed by atoms with Crippen LogP contribution in [0.3, 0.4) is 0 Å². The number of nitrogens with one attached hydrogen (secondary N) is 1. The zero-order valence-electron chi connectivity index (χ0n) is 15.6. The molecule has 0 spiro atoms. The summed E-state index contributed by atoms with van der Waals surface area (Å²) in [5.41, 5.74) is 3.27. The minimum atomic E-state index is -0.495. The smallest absolute Gasteiger partial charge is 0.261 e. The van der Waals surface area contributed by atoms with Gasteiger partial charge in [-0.15, -0.1) is 0 Å². The van der Waals surface area contributed by atoms with Crippen LogP contribution >= 0.6 is 0 Å². The Kier molecular flexibility index (Phi) is 5.57. The van der Waals surface area contributed by atoms with E-state index in [2.05, 4.69) is 29.6 Å². The van der Waals surface area contributed by atoms with E-state index in [0.717, 1.165) is 22.4 Å². The quantitative estimate of drug-likeness (QED) is 0.686. The van der Waals surface area contributed by atoms with Crippen LogP contribution in [0.25, 0.3) is 10.8 Å². The van der Waals surface area contributed by atoms with Gasteiger partial charge in [0.2, 0.25) is 0 Å². The first-order valence-electron chi connectivity index (χ1n) is 9.06. The van der Waals surface area contributed by atoms with Gasteiger partial charge in [-0.05, 0) is 53.8 Å². The molecule has 1 amide bonds. The topological polar surface area (TPSA) is 38.3 Å². The summed E-state index contributed by atoms with van der Waals surface area (Å²) in [5, 5.41) is 5.38. The Labute approximate surface area is 155 Å². The van der Waals surface area contributed by atoms with Crippen molar-refractivity contribution in [3.8, 4) is 5.75 Å². The predicted octanol–water partition coefficient (Wildman–Crippen LogP) is 4.93. The van der Waals surface area contributed by atoms with Gasteiger partial charge in [0.25, 0.3) is 5.91 Å². The molecule has 0 aliphatic carbocycles. The standard InChI is InChI=1S/C23H25NO2/c1-4-21(26-22-14-16(2)12-13-17(22)3)23(25)24-15-19-10-7-9-18-8-5-6-11-20(18)19/h5-14,21H,4,15H2,1-3H3,(H,24,25). The van der Waals surface area contributed by atoms with Crippen LogP contribution in [0, 0.1) is 13.8 Å². The average molecular weight is 347 g/mol. The number of benzene rings is 3. The minimum absolute atomic E-state index is 0.0821. The number of ether oxygens (including phenoxy) is 1. The van der Waals surface area contributed by atoms with Gasteiger partial charge in [-0.2, -0.15) is 0 Å². The molecule has 0 aromatic heterocycles. The zero-order valence-corrected chi connectivity index (χ0v) is 15.6. The third-order valence-electron chi connectivity index (χ3n) is 4.61. The number of rotatable bonds is 6. The highest BCUT2D eigenvalue weighted by Gasteiger charge is 2.19. The Morgan fingerprint density at radius 1 is 1.04 bits per heavy atom. The van der Waals surface area contributed by atoms with Crippen LogP contribution in [0.15, 0.2) is 60.7 Å². The third kappa shape index (κ3) is 4.05. The van der Waals surface area contributed by atoms with Crippen molar-refractivity contribution in [2.45, 2.75) is 39.8 Å². The Morgan fingerprint density at radius 3 is 2.62 bits per heavy atom. The van der Waals surface area contributed by atoms with E-state index in [9.17, 15) is 4.79 Å². The van der Waals surface area contributed by atoms with Crippen LogP contribution < -0.4 is 10.1 Å².